The van der Waals surface area contributed by atoms with Gasteiger partial charge in [-0.15, -0.1) is 0 Å². The molecule has 7 nitrogen and oxygen atoms in total. The summed E-state index contributed by atoms with van der Waals surface area (Å²) in [6.45, 7) is 1.01. The second-order valence-corrected chi connectivity index (χ2v) is 7.42. The van der Waals surface area contributed by atoms with Crippen LogP contribution in [0.1, 0.15) is 41.7 Å². The first-order valence-corrected chi connectivity index (χ1v) is 9.90. The predicted octanol–water partition coefficient (Wildman–Crippen LogP) is 2.55. The van der Waals surface area contributed by atoms with Crippen LogP contribution in [0.2, 0.25) is 0 Å². The highest BCUT2D eigenvalue weighted by Gasteiger charge is 2.41. The maximum atomic E-state index is 12.2. The average molecular weight is 395 g/mol. The van der Waals surface area contributed by atoms with Gasteiger partial charge in [-0.3, -0.25) is 14.6 Å². The van der Waals surface area contributed by atoms with E-state index in [9.17, 15) is 9.59 Å². The van der Waals surface area contributed by atoms with Crippen molar-refractivity contribution in [2.45, 2.75) is 31.4 Å². The summed E-state index contributed by atoms with van der Waals surface area (Å²) in [5, 5.41) is 6.42. The molecule has 3 unspecified atom stereocenters. The highest BCUT2D eigenvalue weighted by Crippen LogP contribution is 2.49. The third kappa shape index (κ3) is 4.24. The molecule has 1 fully saturated rings. The van der Waals surface area contributed by atoms with Gasteiger partial charge in [-0.2, -0.15) is 0 Å². The van der Waals surface area contributed by atoms with E-state index in [1.165, 1.54) is 12.7 Å². The monoisotopic (exact) mass is 395 g/mol. The first-order chi connectivity index (χ1) is 14.2. The number of rotatable bonds is 6. The Morgan fingerprint density at radius 1 is 1.28 bits per heavy atom. The zero-order chi connectivity index (χ0) is 20.2. The van der Waals surface area contributed by atoms with Crippen LogP contribution in [-0.4, -0.2) is 37.1 Å². The molecule has 0 bridgehead atoms. The number of aromatic nitrogens is 1. The van der Waals surface area contributed by atoms with Gasteiger partial charge in [-0.25, -0.2) is 0 Å². The van der Waals surface area contributed by atoms with Crippen molar-refractivity contribution in [3.05, 3.63) is 59.4 Å². The van der Waals surface area contributed by atoms with Crippen molar-refractivity contribution >= 4 is 17.6 Å². The first-order valence-electron chi connectivity index (χ1n) is 9.90. The van der Waals surface area contributed by atoms with Crippen LogP contribution in [0.15, 0.2) is 42.7 Å². The van der Waals surface area contributed by atoms with E-state index in [0.717, 1.165) is 29.8 Å². The number of nitrogens with one attached hydrogen (secondary N) is 2. The van der Waals surface area contributed by atoms with E-state index < -0.39 is 0 Å². The normalized spacial score (nSPS) is 22.2. The summed E-state index contributed by atoms with van der Waals surface area (Å²) in [5.41, 5.74) is 4.29. The summed E-state index contributed by atoms with van der Waals surface area (Å²) in [6.07, 6.45) is 5.08. The fourth-order valence-corrected chi connectivity index (χ4v) is 4.19. The van der Waals surface area contributed by atoms with Crippen molar-refractivity contribution < 1.29 is 19.1 Å². The fraction of sp³-hybridized carbons (Fsp3) is 0.409. The van der Waals surface area contributed by atoms with Gasteiger partial charge in [-0.05, 0) is 35.7 Å². The van der Waals surface area contributed by atoms with Gasteiger partial charge in [0.25, 0.3) is 0 Å². The number of pyridine rings is 1. The topological polar surface area (TPSA) is 89.5 Å². The summed E-state index contributed by atoms with van der Waals surface area (Å²) in [4.78, 5) is 27.5. The number of methoxy groups -OCH3 is 1. The minimum Gasteiger partial charge on any atom is -0.469 e. The first kappa shape index (κ1) is 19.4. The van der Waals surface area contributed by atoms with Crippen LogP contribution in [0.25, 0.3) is 0 Å². The summed E-state index contributed by atoms with van der Waals surface area (Å²) in [7, 11) is 1.34. The molecule has 2 aromatic rings. The molecule has 0 saturated carbocycles. The summed E-state index contributed by atoms with van der Waals surface area (Å²) in [6, 6.07) is 10.3. The van der Waals surface area contributed by atoms with E-state index in [0.29, 0.717) is 5.92 Å². The van der Waals surface area contributed by atoms with Gasteiger partial charge >= 0.3 is 5.97 Å². The molecule has 0 radical (unpaired) electrons. The van der Waals surface area contributed by atoms with Gasteiger partial charge in [0.2, 0.25) is 5.91 Å². The molecular formula is C22H25N3O4. The quantitative estimate of drug-likeness (QED) is 0.731. The number of benzene rings is 1. The molecule has 7 heteroatoms. The smallest absolute Gasteiger partial charge is 0.307 e. The standard InChI is InChI=1S/C22H25N3O4/c1-28-20(27)6-10-24-19(26)13-14-2-3-18-17(12-14)22-16(7-11-29-22)21(25-18)15-4-8-23-9-5-15/h2-5,8-9,12,16,21-22,25H,6-7,10-11,13H2,1H3,(H,24,26). The Labute approximate surface area is 169 Å². The number of nitrogens with zero attached hydrogens (tertiary/aromatic N) is 1. The van der Waals surface area contributed by atoms with E-state index in [1.807, 2.05) is 36.7 Å². The second kappa shape index (κ2) is 8.61. The van der Waals surface area contributed by atoms with Gasteiger partial charge in [0.1, 0.15) is 0 Å². The Hall–Kier alpha value is -2.93. The van der Waals surface area contributed by atoms with Crippen molar-refractivity contribution in [3.63, 3.8) is 0 Å². The zero-order valence-corrected chi connectivity index (χ0v) is 16.4. The Morgan fingerprint density at radius 2 is 2.10 bits per heavy atom. The minimum atomic E-state index is -0.335. The number of ether oxygens (including phenoxy) is 2. The van der Waals surface area contributed by atoms with Crippen LogP contribution >= 0.6 is 0 Å². The molecule has 2 N–H and O–H groups in total. The van der Waals surface area contributed by atoms with Gasteiger partial charge in [-0.1, -0.05) is 12.1 Å². The van der Waals surface area contributed by atoms with E-state index in [4.69, 9.17) is 4.74 Å². The number of hydrogen-bond acceptors (Lipinski definition) is 6. The molecule has 0 spiro atoms. The molecular weight excluding hydrogens is 370 g/mol. The molecule has 152 valence electrons. The van der Waals surface area contributed by atoms with Crippen LogP contribution in [0.3, 0.4) is 0 Å². The highest BCUT2D eigenvalue weighted by molar-refractivity contribution is 5.79. The highest BCUT2D eigenvalue weighted by atomic mass is 16.5. The largest absolute Gasteiger partial charge is 0.469 e. The number of hydrogen-bond donors (Lipinski definition) is 2. The van der Waals surface area contributed by atoms with Crippen LogP contribution in [-0.2, 0) is 25.5 Å². The predicted molar refractivity (Wildman–Crippen MR) is 107 cm³/mol. The number of fused-ring (bicyclic) bond motifs is 3. The SMILES string of the molecule is COC(=O)CCNC(=O)Cc1ccc2c(c1)C1OCCC1C(c1ccncc1)N2. The van der Waals surface area contributed by atoms with Crippen LogP contribution in [0.5, 0.6) is 0 Å². The van der Waals surface area contributed by atoms with Crippen molar-refractivity contribution in [2.24, 2.45) is 5.92 Å². The van der Waals surface area contributed by atoms with Crippen LogP contribution < -0.4 is 10.6 Å². The number of amides is 1. The Morgan fingerprint density at radius 3 is 2.90 bits per heavy atom. The average Bonchev–Trinajstić information content (AvgIpc) is 3.24. The van der Waals surface area contributed by atoms with Crippen molar-refractivity contribution in [3.8, 4) is 0 Å². The molecule has 29 heavy (non-hydrogen) atoms. The lowest BCUT2D eigenvalue weighted by atomic mass is 9.80. The van der Waals surface area contributed by atoms with Gasteiger partial charge in [0.05, 0.1) is 32.1 Å². The molecule has 1 aromatic heterocycles. The summed E-state index contributed by atoms with van der Waals surface area (Å²) in [5.74, 6) is -0.108. The van der Waals surface area contributed by atoms with Gasteiger partial charge in [0.15, 0.2) is 0 Å². The molecule has 2 aliphatic rings. The van der Waals surface area contributed by atoms with E-state index in [-0.39, 0.29) is 43.4 Å². The number of carbonyl (C=O) groups is 2. The lowest BCUT2D eigenvalue weighted by Crippen LogP contribution is -2.30. The lowest BCUT2D eigenvalue weighted by molar-refractivity contribution is -0.140. The Balaban J connectivity index is 1.47. The van der Waals surface area contributed by atoms with E-state index >= 15 is 0 Å². The van der Waals surface area contributed by atoms with Crippen LogP contribution in [0, 0.1) is 5.92 Å². The minimum absolute atomic E-state index is 0.0201. The maximum absolute atomic E-state index is 12.2. The van der Waals surface area contributed by atoms with E-state index in [2.05, 4.69) is 26.4 Å². The second-order valence-electron chi connectivity index (χ2n) is 7.42. The Bertz CT molecular complexity index is 887. The molecule has 0 aliphatic carbocycles. The molecule has 2 aliphatic heterocycles. The number of carbonyl (C=O) groups excluding carboxylic acids is 2. The molecule has 1 aromatic carbocycles. The third-order valence-corrected chi connectivity index (χ3v) is 5.61. The third-order valence-electron chi connectivity index (χ3n) is 5.61. The molecule has 1 saturated heterocycles. The Kier molecular flexibility index (Phi) is 5.76. The van der Waals surface area contributed by atoms with Crippen molar-refractivity contribution in [1.82, 2.24) is 10.3 Å². The molecule has 1 amide bonds. The lowest BCUT2D eigenvalue weighted by Gasteiger charge is -2.36. The summed E-state index contributed by atoms with van der Waals surface area (Å²) < 4.78 is 10.7. The van der Waals surface area contributed by atoms with Crippen molar-refractivity contribution in [1.29, 1.82) is 0 Å². The number of esters is 1. The van der Waals surface area contributed by atoms with Gasteiger partial charge < -0.3 is 20.1 Å². The molecule has 4 rings (SSSR count). The van der Waals surface area contributed by atoms with E-state index in [1.54, 1.807) is 0 Å². The fourth-order valence-electron chi connectivity index (χ4n) is 4.19. The molecule has 3 atom stereocenters. The molecule has 3 heterocycles. The number of anilines is 1. The van der Waals surface area contributed by atoms with Gasteiger partial charge in [0, 0.05) is 42.7 Å². The van der Waals surface area contributed by atoms with Crippen molar-refractivity contribution in [2.75, 3.05) is 25.6 Å². The van der Waals surface area contributed by atoms with Crippen LogP contribution in [0.4, 0.5) is 5.69 Å². The maximum Gasteiger partial charge on any atom is 0.307 e. The zero-order valence-electron chi connectivity index (χ0n) is 16.4. The summed E-state index contributed by atoms with van der Waals surface area (Å²) >= 11 is 0.